The molecular weight excluding hydrogens is 372 g/mol. The minimum absolute atomic E-state index is 0.335. The monoisotopic (exact) mass is 390 g/mol. The molecule has 0 bridgehead atoms. The minimum Gasteiger partial charge on any atom is -0.493 e. The molecule has 0 aliphatic rings. The lowest BCUT2D eigenvalue weighted by Crippen LogP contribution is -2.17. The number of carbonyl (C=O) groups excluding carboxylic acids is 1. The fourth-order valence-corrected chi connectivity index (χ4v) is 4.14. The third kappa shape index (κ3) is 3.48. The minimum atomic E-state index is -0.335. The Morgan fingerprint density at radius 2 is 1.96 bits per heavy atom. The number of hydrogen-bond donors (Lipinski definition) is 0. The molecule has 3 rings (SSSR count). The highest BCUT2D eigenvalue weighted by Gasteiger charge is 2.13. The number of rotatable bonds is 5. The molecule has 0 saturated heterocycles. The Bertz CT molecular complexity index is 1020. The quantitative estimate of drug-likeness (QED) is 0.643. The molecule has 1 amide bonds. The summed E-state index contributed by atoms with van der Waals surface area (Å²) in [5.74, 6) is 0.728. The van der Waals surface area contributed by atoms with Crippen molar-refractivity contribution < 1.29 is 14.3 Å². The van der Waals surface area contributed by atoms with Gasteiger partial charge in [0, 0.05) is 12.1 Å². The molecule has 0 spiro atoms. The third-order valence-electron chi connectivity index (χ3n) is 3.93. The number of nitrogens with zero attached hydrogens (tertiary/aromatic N) is 2. The number of thiazole rings is 1. The van der Waals surface area contributed by atoms with Gasteiger partial charge in [0.15, 0.2) is 16.3 Å². The van der Waals surface area contributed by atoms with E-state index in [0.29, 0.717) is 26.9 Å². The summed E-state index contributed by atoms with van der Waals surface area (Å²) in [5.41, 5.74) is 1.36. The zero-order valence-corrected chi connectivity index (χ0v) is 16.4. The molecule has 0 saturated carbocycles. The first-order chi connectivity index (χ1) is 12.6. The Morgan fingerprint density at radius 1 is 1.19 bits per heavy atom. The highest BCUT2D eigenvalue weighted by molar-refractivity contribution is 7.16. The number of aromatic nitrogens is 1. The van der Waals surface area contributed by atoms with Gasteiger partial charge in [-0.2, -0.15) is 4.99 Å². The molecular formula is C19H19ClN2O3S. The number of ether oxygens (including phenoxy) is 2. The summed E-state index contributed by atoms with van der Waals surface area (Å²) < 4.78 is 13.5. The fraction of sp³-hybridized carbons (Fsp3) is 0.263. The number of methoxy groups -OCH3 is 2. The van der Waals surface area contributed by atoms with Crippen LogP contribution in [0.1, 0.15) is 23.7 Å². The molecule has 0 atom stereocenters. The molecule has 3 aromatic rings. The van der Waals surface area contributed by atoms with E-state index < -0.39 is 0 Å². The van der Waals surface area contributed by atoms with E-state index >= 15 is 0 Å². The first-order valence-electron chi connectivity index (χ1n) is 8.18. The zero-order valence-electron chi connectivity index (χ0n) is 14.8. The molecule has 1 aromatic heterocycles. The third-order valence-corrected chi connectivity index (χ3v) is 5.28. The van der Waals surface area contributed by atoms with Gasteiger partial charge in [0.1, 0.15) is 0 Å². The highest BCUT2D eigenvalue weighted by atomic mass is 35.5. The molecule has 26 heavy (non-hydrogen) atoms. The van der Waals surface area contributed by atoms with Crippen LogP contribution < -0.4 is 14.3 Å². The molecule has 1 heterocycles. The lowest BCUT2D eigenvalue weighted by Gasteiger charge is -2.08. The summed E-state index contributed by atoms with van der Waals surface area (Å²) in [4.78, 5) is 17.7. The van der Waals surface area contributed by atoms with Crippen molar-refractivity contribution in [1.29, 1.82) is 0 Å². The maximum absolute atomic E-state index is 12.7. The van der Waals surface area contributed by atoms with Crippen molar-refractivity contribution in [2.24, 2.45) is 4.99 Å². The van der Waals surface area contributed by atoms with Crippen molar-refractivity contribution >= 4 is 39.1 Å². The van der Waals surface area contributed by atoms with Crippen LogP contribution in [-0.4, -0.2) is 24.7 Å². The second-order valence-electron chi connectivity index (χ2n) is 5.61. The van der Waals surface area contributed by atoms with E-state index in [2.05, 4.69) is 11.9 Å². The smallest absolute Gasteiger partial charge is 0.279 e. The van der Waals surface area contributed by atoms with Gasteiger partial charge >= 0.3 is 0 Å². The van der Waals surface area contributed by atoms with Crippen LogP contribution in [-0.2, 0) is 6.54 Å². The summed E-state index contributed by atoms with van der Waals surface area (Å²) in [5, 5.41) is 0.659. The van der Waals surface area contributed by atoms with Crippen LogP contribution in [0, 0.1) is 0 Å². The van der Waals surface area contributed by atoms with E-state index in [-0.39, 0.29) is 5.91 Å². The maximum Gasteiger partial charge on any atom is 0.279 e. The molecule has 0 N–H and O–H groups in total. The van der Waals surface area contributed by atoms with Crippen molar-refractivity contribution in [2.45, 2.75) is 19.9 Å². The second kappa shape index (κ2) is 7.93. The average molecular weight is 391 g/mol. The van der Waals surface area contributed by atoms with Crippen LogP contribution in [0.5, 0.6) is 11.5 Å². The van der Waals surface area contributed by atoms with Gasteiger partial charge in [-0.25, -0.2) is 0 Å². The van der Waals surface area contributed by atoms with E-state index in [1.807, 2.05) is 22.8 Å². The number of carbonyl (C=O) groups is 1. The van der Waals surface area contributed by atoms with Crippen molar-refractivity contribution in [3.8, 4) is 11.5 Å². The first-order valence-corrected chi connectivity index (χ1v) is 9.37. The lowest BCUT2D eigenvalue weighted by molar-refractivity contribution is 0.0997. The van der Waals surface area contributed by atoms with E-state index in [1.165, 1.54) is 18.4 Å². The number of fused-ring (bicyclic) bond motifs is 1. The normalized spacial score (nSPS) is 11.8. The molecule has 0 radical (unpaired) electrons. The Balaban J connectivity index is 2.11. The number of aryl methyl sites for hydroxylation is 1. The first kappa shape index (κ1) is 18.5. The van der Waals surface area contributed by atoms with Gasteiger partial charge in [0.05, 0.1) is 29.5 Å². The molecule has 0 aliphatic carbocycles. The molecule has 7 heteroatoms. The number of hydrogen-bond acceptors (Lipinski definition) is 4. The van der Waals surface area contributed by atoms with E-state index in [1.54, 1.807) is 25.3 Å². The molecule has 0 unspecified atom stereocenters. The lowest BCUT2D eigenvalue weighted by atomic mass is 10.2. The van der Waals surface area contributed by atoms with Crippen molar-refractivity contribution in [3.63, 3.8) is 0 Å². The Hall–Kier alpha value is -2.31. The fourth-order valence-electron chi connectivity index (χ4n) is 2.72. The predicted molar refractivity (Wildman–Crippen MR) is 105 cm³/mol. The maximum atomic E-state index is 12.7. The zero-order chi connectivity index (χ0) is 18.7. The summed E-state index contributed by atoms with van der Waals surface area (Å²) in [6.45, 7) is 2.81. The average Bonchev–Trinajstić information content (AvgIpc) is 3.00. The van der Waals surface area contributed by atoms with E-state index in [9.17, 15) is 4.79 Å². The Kier molecular flexibility index (Phi) is 5.64. The number of halogens is 1. The van der Waals surface area contributed by atoms with Gasteiger partial charge in [-0.15, -0.1) is 0 Å². The molecule has 136 valence electrons. The second-order valence-corrected chi connectivity index (χ2v) is 7.03. The topological polar surface area (TPSA) is 52.8 Å². The van der Waals surface area contributed by atoms with E-state index in [0.717, 1.165) is 23.2 Å². The predicted octanol–water partition coefficient (Wildman–Crippen LogP) is 4.52. The van der Waals surface area contributed by atoms with Gasteiger partial charge in [-0.1, -0.05) is 35.9 Å². The van der Waals surface area contributed by atoms with Crippen LogP contribution in [0.3, 0.4) is 0 Å². The van der Waals surface area contributed by atoms with Gasteiger partial charge in [-0.05, 0) is 36.8 Å². The van der Waals surface area contributed by atoms with Gasteiger partial charge in [0.25, 0.3) is 5.91 Å². The van der Waals surface area contributed by atoms with Crippen LogP contribution in [0.15, 0.2) is 41.4 Å². The van der Waals surface area contributed by atoms with Gasteiger partial charge < -0.3 is 14.0 Å². The van der Waals surface area contributed by atoms with Crippen molar-refractivity contribution in [3.05, 3.63) is 51.8 Å². The molecule has 0 fully saturated rings. The Morgan fingerprint density at radius 3 is 2.65 bits per heavy atom. The summed E-state index contributed by atoms with van der Waals surface area (Å²) >= 11 is 7.82. The summed E-state index contributed by atoms with van der Waals surface area (Å²) in [6.07, 6.45) is 0.912. The van der Waals surface area contributed by atoms with Crippen LogP contribution in [0.4, 0.5) is 0 Å². The van der Waals surface area contributed by atoms with Crippen LogP contribution in [0.25, 0.3) is 10.2 Å². The largest absolute Gasteiger partial charge is 0.493 e. The standard InChI is InChI=1S/C19H19ClN2O3S/c1-4-10-22-17-13(20)6-5-7-16(17)26-19(22)21-18(23)12-8-9-14(24-2)15(11-12)25-3/h5-9,11H,4,10H2,1-3H3. The van der Waals surface area contributed by atoms with Gasteiger partial charge in [-0.3, -0.25) is 4.79 Å². The highest BCUT2D eigenvalue weighted by Crippen LogP contribution is 2.28. The Labute approximate surface area is 160 Å². The molecule has 0 aliphatic heterocycles. The summed E-state index contributed by atoms with van der Waals surface area (Å²) in [7, 11) is 3.09. The number of para-hydroxylation sites is 1. The van der Waals surface area contributed by atoms with Crippen LogP contribution >= 0.6 is 22.9 Å². The van der Waals surface area contributed by atoms with Crippen molar-refractivity contribution in [2.75, 3.05) is 14.2 Å². The van der Waals surface area contributed by atoms with Crippen molar-refractivity contribution in [1.82, 2.24) is 4.57 Å². The number of benzene rings is 2. The van der Waals surface area contributed by atoms with Crippen LogP contribution in [0.2, 0.25) is 5.02 Å². The number of amides is 1. The van der Waals surface area contributed by atoms with Gasteiger partial charge in [0.2, 0.25) is 0 Å². The van der Waals surface area contributed by atoms with E-state index in [4.69, 9.17) is 21.1 Å². The molecule has 5 nitrogen and oxygen atoms in total. The SMILES string of the molecule is CCCn1c(=NC(=O)c2ccc(OC)c(OC)c2)sc2cccc(Cl)c21. The summed E-state index contributed by atoms with van der Waals surface area (Å²) in [6, 6.07) is 10.7. The molecule has 2 aromatic carbocycles.